The molecular formula is C10H8N2O4S. The molecule has 2 rings (SSSR count). The summed E-state index contributed by atoms with van der Waals surface area (Å²) in [5.74, 6) is -1.11. The van der Waals surface area contributed by atoms with E-state index in [0.717, 1.165) is 0 Å². The van der Waals surface area contributed by atoms with Gasteiger partial charge in [0.1, 0.15) is 5.75 Å². The number of carbonyl (C=O) groups excluding carboxylic acids is 3. The summed E-state index contributed by atoms with van der Waals surface area (Å²) >= 11 is 0.643. The lowest BCUT2D eigenvalue weighted by molar-refractivity contribution is -0.124. The maximum Gasteiger partial charge on any atom is 0.286 e. The van der Waals surface area contributed by atoms with Crippen molar-refractivity contribution in [3.63, 3.8) is 0 Å². The molecule has 0 aliphatic carbocycles. The van der Waals surface area contributed by atoms with E-state index in [1.165, 1.54) is 24.3 Å². The number of anilines is 1. The Morgan fingerprint density at radius 3 is 2.47 bits per heavy atom. The lowest BCUT2D eigenvalue weighted by atomic mass is 10.3. The van der Waals surface area contributed by atoms with Gasteiger partial charge in [-0.05, 0) is 36.0 Å². The van der Waals surface area contributed by atoms with Gasteiger partial charge in [0.15, 0.2) is 5.25 Å². The summed E-state index contributed by atoms with van der Waals surface area (Å²) in [6.07, 6.45) is 0. The van der Waals surface area contributed by atoms with Crippen molar-refractivity contribution in [1.29, 1.82) is 0 Å². The van der Waals surface area contributed by atoms with Gasteiger partial charge in [0.25, 0.3) is 11.1 Å². The highest BCUT2D eigenvalue weighted by atomic mass is 32.2. The number of aromatic hydroxyl groups is 1. The van der Waals surface area contributed by atoms with E-state index in [9.17, 15) is 14.4 Å². The molecule has 7 heteroatoms. The van der Waals surface area contributed by atoms with E-state index in [1.807, 2.05) is 5.32 Å². The zero-order valence-corrected chi connectivity index (χ0v) is 9.28. The van der Waals surface area contributed by atoms with Gasteiger partial charge in [0.2, 0.25) is 5.91 Å². The molecule has 88 valence electrons. The molecule has 1 aromatic carbocycles. The van der Waals surface area contributed by atoms with Gasteiger partial charge in [0.05, 0.1) is 0 Å². The Kier molecular flexibility index (Phi) is 3.01. The number of phenols is 1. The second kappa shape index (κ2) is 4.46. The van der Waals surface area contributed by atoms with Crippen molar-refractivity contribution in [2.45, 2.75) is 5.25 Å². The molecule has 0 saturated carbocycles. The topological polar surface area (TPSA) is 95.5 Å². The molecule has 3 amide bonds. The number of hydrogen-bond acceptors (Lipinski definition) is 5. The first-order chi connectivity index (χ1) is 8.06. The maximum atomic E-state index is 11.6. The molecular weight excluding hydrogens is 244 g/mol. The summed E-state index contributed by atoms with van der Waals surface area (Å²) in [4.78, 5) is 33.7. The minimum Gasteiger partial charge on any atom is -0.508 e. The predicted octanol–water partition coefficient (Wildman–Crippen LogP) is 0.682. The summed E-state index contributed by atoms with van der Waals surface area (Å²) in [7, 11) is 0. The van der Waals surface area contributed by atoms with Gasteiger partial charge in [-0.2, -0.15) is 0 Å². The number of hydrogen-bond donors (Lipinski definition) is 3. The Bertz CT molecular complexity index is 486. The van der Waals surface area contributed by atoms with E-state index in [2.05, 4.69) is 5.32 Å². The fourth-order valence-corrected chi connectivity index (χ4v) is 1.99. The quantitative estimate of drug-likeness (QED) is 0.531. The number of benzene rings is 1. The van der Waals surface area contributed by atoms with Crippen LogP contribution in [0.4, 0.5) is 10.5 Å². The van der Waals surface area contributed by atoms with Crippen molar-refractivity contribution in [3.05, 3.63) is 24.3 Å². The zero-order chi connectivity index (χ0) is 12.4. The average molecular weight is 252 g/mol. The number of nitrogens with one attached hydrogen (secondary N) is 2. The molecule has 6 nitrogen and oxygen atoms in total. The van der Waals surface area contributed by atoms with Gasteiger partial charge >= 0.3 is 0 Å². The van der Waals surface area contributed by atoms with Crippen LogP contribution in [-0.2, 0) is 9.59 Å². The second-order valence-electron chi connectivity index (χ2n) is 3.31. The third-order valence-electron chi connectivity index (χ3n) is 2.06. The summed E-state index contributed by atoms with van der Waals surface area (Å²) in [6, 6.07) is 5.80. The van der Waals surface area contributed by atoms with E-state index in [0.29, 0.717) is 17.4 Å². The van der Waals surface area contributed by atoms with Crippen LogP contribution in [0.2, 0.25) is 0 Å². The van der Waals surface area contributed by atoms with Crippen LogP contribution in [0, 0.1) is 0 Å². The minimum absolute atomic E-state index is 0.0751. The molecule has 1 atom stereocenters. The Labute approximate surface area is 100 Å². The van der Waals surface area contributed by atoms with Crippen molar-refractivity contribution in [2.24, 2.45) is 0 Å². The number of imide groups is 1. The van der Waals surface area contributed by atoms with Gasteiger partial charge in [0, 0.05) is 5.69 Å². The zero-order valence-electron chi connectivity index (χ0n) is 8.47. The fraction of sp³-hybridized carbons (Fsp3) is 0.100. The number of thioether (sulfide) groups is 1. The van der Waals surface area contributed by atoms with Crippen LogP contribution >= 0.6 is 11.8 Å². The van der Waals surface area contributed by atoms with Gasteiger partial charge in [-0.1, -0.05) is 0 Å². The van der Waals surface area contributed by atoms with Gasteiger partial charge < -0.3 is 10.4 Å². The van der Waals surface area contributed by atoms with Crippen LogP contribution in [0.25, 0.3) is 0 Å². The smallest absolute Gasteiger partial charge is 0.286 e. The molecule has 0 radical (unpaired) electrons. The SMILES string of the molecule is O=C1NC(=O)C(C(=O)Nc2ccc(O)cc2)S1. The molecule has 0 bridgehead atoms. The van der Waals surface area contributed by atoms with Gasteiger partial charge in [-0.15, -0.1) is 0 Å². The molecule has 3 N–H and O–H groups in total. The van der Waals surface area contributed by atoms with Crippen LogP contribution in [-0.4, -0.2) is 27.4 Å². The van der Waals surface area contributed by atoms with Gasteiger partial charge in [-0.25, -0.2) is 0 Å². The molecule has 17 heavy (non-hydrogen) atoms. The highest BCUT2D eigenvalue weighted by Gasteiger charge is 2.37. The molecule has 1 aliphatic rings. The summed E-state index contributed by atoms with van der Waals surface area (Å²) in [5.41, 5.74) is 0.445. The van der Waals surface area contributed by atoms with Crippen LogP contribution in [0.15, 0.2) is 24.3 Å². The molecule has 1 saturated heterocycles. The van der Waals surface area contributed by atoms with E-state index in [-0.39, 0.29) is 5.75 Å². The third-order valence-corrected chi connectivity index (χ3v) is 3.04. The first-order valence-electron chi connectivity index (χ1n) is 4.67. The minimum atomic E-state index is -1.06. The first kappa shape index (κ1) is 11.5. The lowest BCUT2D eigenvalue weighted by Gasteiger charge is -2.07. The third kappa shape index (κ3) is 2.56. The van der Waals surface area contributed by atoms with Crippen molar-refractivity contribution >= 4 is 34.5 Å². The molecule has 1 heterocycles. The van der Waals surface area contributed by atoms with E-state index < -0.39 is 22.3 Å². The van der Waals surface area contributed by atoms with E-state index >= 15 is 0 Å². The largest absolute Gasteiger partial charge is 0.508 e. The van der Waals surface area contributed by atoms with E-state index in [4.69, 9.17) is 5.11 Å². The van der Waals surface area contributed by atoms with Crippen molar-refractivity contribution in [3.8, 4) is 5.75 Å². The first-order valence-corrected chi connectivity index (χ1v) is 5.55. The Morgan fingerprint density at radius 2 is 1.94 bits per heavy atom. The van der Waals surface area contributed by atoms with Crippen LogP contribution in [0.3, 0.4) is 0 Å². The summed E-state index contributed by atoms with van der Waals surface area (Å²) in [5, 5.41) is 12.0. The average Bonchev–Trinajstić information content (AvgIpc) is 2.61. The van der Waals surface area contributed by atoms with Crippen molar-refractivity contribution in [2.75, 3.05) is 5.32 Å². The predicted molar refractivity (Wildman–Crippen MR) is 61.7 cm³/mol. The molecule has 0 aromatic heterocycles. The maximum absolute atomic E-state index is 11.6. The molecule has 1 aromatic rings. The van der Waals surface area contributed by atoms with Crippen LogP contribution in [0.1, 0.15) is 0 Å². The Hall–Kier alpha value is -2.02. The molecule has 1 unspecified atom stereocenters. The molecule has 1 aliphatic heterocycles. The molecule has 1 fully saturated rings. The van der Waals surface area contributed by atoms with Crippen molar-refractivity contribution < 1.29 is 19.5 Å². The number of amides is 3. The van der Waals surface area contributed by atoms with Crippen LogP contribution in [0.5, 0.6) is 5.75 Å². The monoisotopic (exact) mass is 252 g/mol. The highest BCUT2D eigenvalue weighted by Crippen LogP contribution is 2.21. The number of rotatable bonds is 2. The fourth-order valence-electron chi connectivity index (χ4n) is 1.28. The van der Waals surface area contributed by atoms with Gasteiger partial charge in [-0.3, -0.25) is 19.7 Å². The summed E-state index contributed by atoms with van der Waals surface area (Å²) in [6.45, 7) is 0. The number of phenolic OH excluding ortho intramolecular Hbond substituents is 1. The summed E-state index contributed by atoms with van der Waals surface area (Å²) < 4.78 is 0. The highest BCUT2D eigenvalue weighted by molar-refractivity contribution is 8.16. The van der Waals surface area contributed by atoms with Crippen LogP contribution < -0.4 is 10.6 Å². The lowest BCUT2D eigenvalue weighted by Crippen LogP contribution is -2.33. The standard InChI is InChI=1S/C10H8N2O4S/c13-6-3-1-5(2-4-6)11-8(14)7-9(15)12-10(16)17-7/h1-4,7,13H,(H,11,14)(H,12,15,16). The molecule has 0 spiro atoms. The second-order valence-corrected chi connectivity index (χ2v) is 4.39. The number of carbonyl (C=O) groups is 3. The Balaban J connectivity index is 2.04. The van der Waals surface area contributed by atoms with E-state index in [1.54, 1.807) is 0 Å². The van der Waals surface area contributed by atoms with Crippen molar-refractivity contribution in [1.82, 2.24) is 5.32 Å². The normalized spacial score (nSPS) is 18.9. The Morgan fingerprint density at radius 1 is 1.29 bits per heavy atom.